The Hall–Kier alpha value is -5.51. The van der Waals surface area contributed by atoms with Crippen LogP contribution in [0.4, 0.5) is 16.2 Å². The fourth-order valence-corrected chi connectivity index (χ4v) is 5.93. The maximum atomic E-state index is 14.4. The van der Waals surface area contributed by atoms with Crippen molar-refractivity contribution < 1.29 is 14.3 Å². The van der Waals surface area contributed by atoms with Gasteiger partial charge in [0.15, 0.2) is 0 Å². The molecule has 0 bridgehead atoms. The van der Waals surface area contributed by atoms with E-state index in [0.717, 1.165) is 22.4 Å². The molecule has 3 amide bonds. The molecule has 49 heavy (non-hydrogen) atoms. The lowest BCUT2D eigenvalue weighted by Crippen LogP contribution is -2.31. The Balaban J connectivity index is 1.57. The molecule has 0 radical (unpaired) electrons. The molecule has 0 unspecified atom stereocenters. The third-order valence-electron chi connectivity index (χ3n) is 8.31. The summed E-state index contributed by atoms with van der Waals surface area (Å²) in [5, 5.41) is 9.52. The van der Waals surface area contributed by atoms with E-state index in [1.165, 1.54) is 6.92 Å². The Morgan fingerprint density at radius 3 is 2.29 bits per heavy atom. The number of ether oxygens (including phenoxy) is 1. The number of anilines is 2. The Bertz CT molecular complexity index is 1960. The van der Waals surface area contributed by atoms with Crippen LogP contribution >= 0.6 is 0 Å². The van der Waals surface area contributed by atoms with Gasteiger partial charge in [-0.25, -0.2) is 9.78 Å². The van der Waals surface area contributed by atoms with Crippen molar-refractivity contribution in [3.63, 3.8) is 0 Å². The van der Waals surface area contributed by atoms with Crippen LogP contribution in [0.1, 0.15) is 69.6 Å². The zero-order chi connectivity index (χ0) is 34.9. The van der Waals surface area contributed by atoms with Gasteiger partial charge in [0.25, 0.3) is 5.56 Å². The Morgan fingerprint density at radius 1 is 0.878 bits per heavy atom. The summed E-state index contributed by atoms with van der Waals surface area (Å²) in [4.78, 5) is 48.6. The van der Waals surface area contributed by atoms with Crippen molar-refractivity contribution in [1.82, 2.24) is 19.9 Å². The van der Waals surface area contributed by atoms with E-state index in [1.54, 1.807) is 17.0 Å². The minimum absolute atomic E-state index is 0.123. The van der Waals surface area contributed by atoms with Crippen LogP contribution in [-0.2, 0) is 17.8 Å². The van der Waals surface area contributed by atoms with Gasteiger partial charge in [-0.05, 0) is 70.8 Å². The van der Waals surface area contributed by atoms with Crippen molar-refractivity contribution in [3.05, 3.63) is 112 Å². The van der Waals surface area contributed by atoms with E-state index in [2.05, 4.69) is 53.6 Å². The summed E-state index contributed by atoms with van der Waals surface area (Å²) in [6.45, 7) is 10.9. The second-order valence-electron chi connectivity index (χ2n) is 12.6. The number of nitrogens with zero attached hydrogens (tertiary/aromatic N) is 3. The highest BCUT2D eigenvalue weighted by Crippen LogP contribution is 2.36. The number of pyridine rings is 3. The number of aromatic nitrogens is 3. The van der Waals surface area contributed by atoms with Crippen LogP contribution in [0.25, 0.3) is 22.2 Å². The molecule has 0 atom stereocenters. The topological polar surface area (TPSA) is 127 Å². The van der Waals surface area contributed by atoms with Gasteiger partial charge in [0.1, 0.15) is 17.1 Å². The second kappa shape index (κ2) is 16.1. The number of urea groups is 1. The zero-order valence-corrected chi connectivity index (χ0v) is 28.7. The SMILES string of the molecule is CC(=O)NCCCn1c(=O)c(NC(=O)Nc2c(C(C)C)cccc2C(C)C)c(-c2cccc(OCCc3cccnc3)c2)c2cccnc21. The minimum Gasteiger partial charge on any atom is -0.493 e. The van der Waals surface area contributed by atoms with Gasteiger partial charge in [-0.15, -0.1) is 0 Å². The standard InChI is InChI=1S/C39H44N6O4/c1-25(2)31-14-7-15-32(26(3)4)35(31)43-39(48)44-36-34(29-12-6-13-30(23-29)49-22-17-28-11-8-18-40-24-28)33-16-9-19-42-37(33)45(38(36)47)21-10-20-41-27(5)46/h6-9,11-16,18-19,23-26H,10,17,20-22H2,1-5H3,(H,41,46)(H2,43,44,48). The van der Waals surface area contributed by atoms with E-state index in [-0.39, 0.29) is 30.0 Å². The normalized spacial score (nSPS) is 11.2. The summed E-state index contributed by atoms with van der Waals surface area (Å²) in [6.07, 6.45) is 6.38. The van der Waals surface area contributed by atoms with Crippen LogP contribution in [-0.4, -0.2) is 39.6 Å². The molecule has 0 spiro atoms. The quantitative estimate of drug-likeness (QED) is 0.112. The molecule has 3 aromatic heterocycles. The van der Waals surface area contributed by atoms with Crippen molar-refractivity contribution in [3.8, 4) is 16.9 Å². The van der Waals surface area contributed by atoms with Gasteiger partial charge in [0, 0.05) is 61.7 Å². The van der Waals surface area contributed by atoms with Crippen molar-refractivity contribution in [2.75, 3.05) is 23.8 Å². The number of aryl methyl sites for hydroxylation is 1. The molecule has 0 aliphatic rings. The lowest BCUT2D eigenvalue weighted by Gasteiger charge is -2.22. The van der Waals surface area contributed by atoms with Crippen LogP contribution in [0.15, 0.2) is 90.1 Å². The van der Waals surface area contributed by atoms with E-state index >= 15 is 0 Å². The minimum atomic E-state index is -0.523. The Kier molecular flexibility index (Phi) is 11.4. The first-order chi connectivity index (χ1) is 23.6. The van der Waals surface area contributed by atoms with Crippen LogP contribution in [0, 0.1) is 0 Å². The first-order valence-electron chi connectivity index (χ1n) is 16.7. The van der Waals surface area contributed by atoms with Gasteiger partial charge in [-0.1, -0.05) is 64.1 Å². The van der Waals surface area contributed by atoms with Crippen LogP contribution in [0.3, 0.4) is 0 Å². The number of rotatable bonds is 13. The number of benzene rings is 2. The first kappa shape index (κ1) is 34.8. The molecule has 5 rings (SSSR count). The van der Waals surface area contributed by atoms with Crippen LogP contribution in [0.2, 0.25) is 0 Å². The van der Waals surface area contributed by atoms with E-state index in [1.807, 2.05) is 72.9 Å². The molecular weight excluding hydrogens is 616 g/mol. The van der Waals surface area contributed by atoms with E-state index < -0.39 is 11.6 Å². The van der Waals surface area contributed by atoms with E-state index in [9.17, 15) is 14.4 Å². The molecule has 254 valence electrons. The monoisotopic (exact) mass is 660 g/mol. The number of para-hydroxylation sites is 1. The molecule has 3 heterocycles. The maximum absolute atomic E-state index is 14.4. The number of nitrogens with one attached hydrogen (secondary N) is 3. The van der Waals surface area contributed by atoms with Crippen molar-refractivity contribution >= 4 is 34.3 Å². The third-order valence-corrected chi connectivity index (χ3v) is 8.31. The number of amides is 3. The average Bonchev–Trinajstić information content (AvgIpc) is 3.08. The highest BCUT2D eigenvalue weighted by atomic mass is 16.5. The van der Waals surface area contributed by atoms with Gasteiger partial charge in [0.2, 0.25) is 5.91 Å². The van der Waals surface area contributed by atoms with Crippen molar-refractivity contribution in [2.45, 2.75) is 65.8 Å². The molecule has 0 saturated heterocycles. The number of carbonyl (C=O) groups excluding carboxylic acids is 2. The summed E-state index contributed by atoms with van der Waals surface area (Å²) in [7, 11) is 0. The van der Waals surface area contributed by atoms with E-state index in [0.29, 0.717) is 53.9 Å². The molecule has 0 fully saturated rings. The molecule has 5 aromatic rings. The van der Waals surface area contributed by atoms with E-state index in [4.69, 9.17) is 4.74 Å². The molecule has 10 heteroatoms. The third kappa shape index (κ3) is 8.51. The van der Waals surface area contributed by atoms with Crippen molar-refractivity contribution in [1.29, 1.82) is 0 Å². The zero-order valence-electron chi connectivity index (χ0n) is 28.7. The molecule has 0 aliphatic carbocycles. The first-order valence-corrected chi connectivity index (χ1v) is 16.7. The van der Waals surface area contributed by atoms with Crippen LogP contribution in [0.5, 0.6) is 5.75 Å². The molecule has 10 nitrogen and oxygen atoms in total. The molecular formula is C39H44N6O4. The second-order valence-corrected chi connectivity index (χ2v) is 12.6. The molecule has 0 saturated carbocycles. The highest BCUT2D eigenvalue weighted by molar-refractivity contribution is 6.07. The number of hydrogen-bond donors (Lipinski definition) is 3. The predicted molar refractivity (Wildman–Crippen MR) is 195 cm³/mol. The van der Waals surface area contributed by atoms with Crippen molar-refractivity contribution in [2.24, 2.45) is 0 Å². The summed E-state index contributed by atoms with van der Waals surface area (Å²) < 4.78 is 7.69. The molecule has 0 aliphatic heterocycles. The summed E-state index contributed by atoms with van der Waals surface area (Å²) >= 11 is 0. The molecule has 3 N–H and O–H groups in total. The fraction of sp³-hybridized carbons (Fsp3) is 0.308. The van der Waals surface area contributed by atoms with Gasteiger partial charge in [-0.2, -0.15) is 0 Å². The van der Waals surface area contributed by atoms with Gasteiger partial charge >= 0.3 is 6.03 Å². The summed E-state index contributed by atoms with van der Waals surface area (Å²) in [5.41, 5.74) is 5.27. The predicted octanol–water partition coefficient (Wildman–Crippen LogP) is 7.50. The lowest BCUT2D eigenvalue weighted by atomic mass is 9.93. The molecule has 2 aromatic carbocycles. The Labute approximate surface area is 287 Å². The number of carbonyl (C=O) groups is 2. The fourth-order valence-electron chi connectivity index (χ4n) is 5.93. The largest absolute Gasteiger partial charge is 0.493 e. The van der Waals surface area contributed by atoms with Gasteiger partial charge < -0.3 is 20.7 Å². The lowest BCUT2D eigenvalue weighted by molar-refractivity contribution is -0.118. The number of hydrogen-bond acceptors (Lipinski definition) is 6. The number of fused-ring (bicyclic) bond motifs is 1. The maximum Gasteiger partial charge on any atom is 0.323 e. The van der Waals surface area contributed by atoms with Gasteiger partial charge in [0.05, 0.1) is 6.61 Å². The van der Waals surface area contributed by atoms with Gasteiger partial charge in [-0.3, -0.25) is 19.1 Å². The van der Waals surface area contributed by atoms with Crippen LogP contribution < -0.4 is 26.2 Å². The summed E-state index contributed by atoms with van der Waals surface area (Å²) in [6, 6.07) is 20.6. The average molecular weight is 661 g/mol. The highest BCUT2D eigenvalue weighted by Gasteiger charge is 2.23. The Morgan fingerprint density at radius 2 is 1.59 bits per heavy atom. The summed E-state index contributed by atoms with van der Waals surface area (Å²) in [5.74, 6) is 0.812. The smallest absolute Gasteiger partial charge is 0.323 e.